The number of nitrogens with zero attached hydrogens (tertiary/aromatic N) is 4. The van der Waals surface area contributed by atoms with E-state index in [1.165, 1.54) is 18.3 Å². The van der Waals surface area contributed by atoms with Crippen LogP contribution in [0.4, 0.5) is 0 Å². The Balaban J connectivity index is 0.00000280. The van der Waals surface area contributed by atoms with Gasteiger partial charge in [0.15, 0.2) is 0 Å². The molecule has 40 heavy (non-hydrogen) atoms. The molecule has 2 aromatic carbocycles. The van der Waals surface area contributed by atoms with E-state index in [-0.39, 0.29) is 47.3 Å². The summed E-state index contributed by atoms with van der Waals surface area (Å²) in [6.07, 6.45) is 3.38. The molecule has 4 rings (SSSR count). The molecule has 0 unspecified atom stereocenters. The average Bonchev–Trinajstić information content (AvgIpc) is 2.94. The van der Waals surface area contributed by atoms with Crippen LogP contribution < -0.4 is 33.1 Å². The molecule has 0 radical (unpaired) electrons. The lowest BCUT2D eigenvalue weighted by atomic mass is 10.2. The summed E-state index contributed by atoms with van der Waals surface area (Å²) in [6, 6.07) is 14.3. The number of aryl methyl sites for hydroxylation is 2. The predicted molar refractivity (Wildman–Crippen MR) is 166 cm³/mol. The van der Waals surface area contributed by atoms with Gasteiger partial charge < -0.3 is 10.6 Å². The summed E-state index contributed by atoms with van der Waals surface area (Å²) in [6.45, 7) is 3.93. The van der Waals surface area contributed by atoms with Crippen molar-refractivity contribution in [2.24, 2.45) is 14.1 Å². The number of hydrogen-bond donors (Lipinski definition) is 2. The van der Waals surface area contributed by atoms with Crippen molar-refractivity contribution in [1.29, 1.82) is 0 Å². The summed E-state index contributed by atoms with van der Waals surface area (Å²) >= 11 is 0. The largest absolute Gasteiger partial charge is 0.331 e. The second-order valence-corrected chi connectivity index (χ2v) is 9.55. The molecule has 0 aliphatic carbocycles. The molecule has 0 saturated carbocycles. The second kappa shape index (κ2) is 15.6. The minimum Gasteiger partial charge on any atom is -0.317 e. The van der Waals surface area contributed by atoms with Crippen LogP contribution in [0.2, 0.25) is 0 Å². The molecule has 0 bridgehead atoms. The second-order valence-electron chi connectivity index (χ2n) is 9.55. The van der Waals surface area contributed by atoms with Crippen LogP contribution in [0.1, 0.15) is 25.7 Å². The predicted octanol–water partition coefficient (Wildman–Crippen LogP) is 2.00. The molecule has 0 amide bonds. The third-order valence-corrected chi connectivity index (χ3v) is 6.95. The zero-order valence-electron chi connectivity index (χ0n) is 22.9. The van der Waals surface area contributed by atoms with Gasteiger partial charge >= 0.3 is 11.4 Å². The lowest BCUT2D eigenvalue weighted by Crippen LogP contribution is -2.39. The van der Waals surface area contributed by atoms with E-state index in [9.17, 15) is 19.2 Å². The highest BCUT2D eigenvalue weighted by atomic mass is 35.5. The maximum absolute atomic E-state index is 12.7. The lowest BCUT2D eigenvalue weighted by molar-refractivity contribution is 0.516. The zero-order chi connectivity index (χ0) is 27.1. The van der Waals surface area contributed by atoms with Crippen LogP contribution in [-0.2, 0) is 27.2 Å². The number of rotatable bonds is 13. The highest BCUT2D eigenvalue weighted by molar-refractivity contribution is 5.85. The first-order valence-electron chi connectivity index (χ1n) is 13.2. The number of hydrogen-bond acceptors (Lipinski definition) is 6. The first kappa shape index (κ1) is 33.0. The molecule has 0 saturated heterocycles. The molecule has 2 heterocycles. The van der Waals surface area contributed by atoms with E-state index in [0.717, 1.165) is 39.0 Å². The number of unbranched alkanes of at least 4 members (excludes halogenated alkanes) is 1. The molecule has 2 aromatic heterocycles. The van der Waals surface area contributed by atoms with Crippen LogP contribution in [0.5, 0.6) is 0 Å². The van der Waals surface area contributed by atoms with Crippen molar-refractivity contribution >= 4 is 46.6 Å². The molecule has 0 spiro atoms. The van der Waals surface area contributed by atoms with Gasteiger partial charge in [0.2, 0.25) is 0 Å². The highest BCUT2D eigenvalue weighted by Crippen LogP contribution is 2.06. The quantitative estimate of drug-likeness (QED) is 0.230. The molecular weight excluding hydrogens is 555 g/mol. The van der Waals surface area contributed by atoms with Crippen molar-refractivity contribution in [1.82, 2.24) is 28.9 Å². The molecular formula is C28H38Cl2N6O4. The first-order valence-corrected chi connectivity index (χ1v) is 13.2. The van der Waals surface area contributed by atoms with Crippen LogP contribution >= 0.6 is 24.8 Å². The fraction of sp³-hybridized carbons (Fsp3) is 0.429. The zero-order valence-corrected chi connectivity index (χ0v) is 24.6. The van der Waals surface area contributed by atoms with Gasteiger partial charge in [-0.1, -0.05) is 24.3 Å². The van der Waals surface area contributed by atoms with Gasteiger partial charge in [-0.3, -0.25) is 27.9 Å². The van der Waals surface area contributed by atoms with Gasteiger partial charge in [0, 0.05) is 27.2 Å². The van der Waals surface area contributed by atoms with E-state index in [4.69, 9.17) is 0 Å². The van der Waals surface area contributed by atoms with E-state index in [1.54, 1.807) is 38.4 Å². The number of fused-ring (bicyclic) bond motifs is 2. The number of nitrogens with one attached hydrogen (secondary N) is 2. The van der Waals surface area contributed by atoms with Gasteiger partial charge in [-0.2, -0.15) is 0 Å². The average molecular weight is 594 g/mol. The third kappa shape index (κ3) is 7.31. The number of aromatic nitrogens is 4. The Morgan fingerprint density at radius 2 is 0.900 bits per heavy atom. The fourth-order valence-electron chi connectivity index (χ4n) is 4.80. The summed E-state index contributed by atoms with van der Waals surface area (Å²) in [5, 5.41) is 7.86. The SMILES string of the molecule is Cl.Cl.Cn1c(=O)n(CCCNCCCCNCCCn2c(=O)c3ccccc3n(C)c2=O)c(=O)c2ccccc21. The summed E-state index contributed by atoms with van der Waals surface area (Å²) < 4.78 is 5.68. The van der Waals surface area contributed by atoms with Gasteiger partial charge in [-0.25, -0.2) is 9.59 Å². The lowest BCUT2D eigenvalue weighted by Gasteiger charge is -2.11. The molecule has 10 nitrogen and oxygen atoms in total. The maximum atomic E-state index is 12.7. The van der Waals surface area contributed by atoms with Crippen LogP contribution in [0.25, 0.3) is 21.8 Å². The molecule has 4 aromatic rings. The van der Waals surface area contributed by atoms with Crippen LogP contribution in [0, 0.1) is 0 Å². The smallest absolute Gasteiger partial charge is 0.317 e. The third-order valence-electron chi connectivity index (χ3n) is 6.95. The first-order chi connectivity index (χ1) is 18.4. The van der Waals surface area contributed by atoms with Gasteiger partial charge in [0.1, 0.15) is 0 Å². The number of para-hydroxylation sites is 2. The normalized spacial score (nSPS) is 10.9. The van der Waals surface area contributed by atoms with Crippen LogP contribution in [-0.4, -0.2) is 44.4 Å². The van der Waals surface area contributed by atoms with Crippen LogP contribution in [0.3, 0.4) is 0 Å². The Morgan fingerprint density at radius 1 is 0.550 bits per heavy atom. The minimum atomic E-state index is -0.286. The summed E-state index contributed by atoms with van der Waals surface area (Å²) in [5.74, 6) is 0. The van der Waals surface area contributed by atoms with Crippen molar-refractivity contribution in [3.05, 3.63) is 90.2 Å². The summed E-state index contributed by atoms with van der Waals surface area (Å²) in [7, 11) is 3.38. The van der Waals surface area contributed by atoms with Crippen molar-refractivity contribution in [2.45, 2.75) is 38.8 Å². The maximum Gasteiger partial charge on any atom is 0.331 e. The van der Waals surface area contributed by atoms with Gasteiger partial charge in [0.05, 0.1) is 21.8 Å². The van der Waals surface area contributed by atoms with E-state index < -0.39 is 0 Å². The molecule has 0 aliphatic rings. The molecule has 0 fully saturated rings. The van der Waals surface area contributed by atoms with Crippen molar-refractivity contribution < 1.29 is 0 Å². The fourth-order valence-corrected chi connectivity index (χ4v) is 4.80. The van der Waals surface area contributed by atoms with Gasteiger partial charge in [-0.05, 0) is 76.1 Å². The summed E-state index contributed by atoms with van der Waals surface area (Å²) in [5.41, 5.74) is 0.257. The van der Waals surface area contributed by atoms with E-state index >= 15 is 0 Å². The highest BCUT2D eigenvalue weighted by Gasteiger charge is 2.11. The number of benzene rings is 2. The topological polar surface area (TPSA) is 112 Å². The molecule has 2 N–H and O–H groups in total. The van der Waals surface area contributed by atoms with E-state index in [1.807, 2.05) is 24.3 Å². The van der Waals surface area contributed by atoms with E-state index in [0.29, 0.717) is 47.7 Å². The standard InChI is InChI=1S/C28H36N6O4.2ClH/c1-31-23-13-5-3-11-21(23)25(35)33(27(31)37)19-9-17-29-15-7-8-16-30-18-10-20-34-26(36)22-12-4-6-14-24(22)32(2)28(34)38;;/h3-6,11-14,29-30H,7-10,15-20H2,1-2H3;2*1H. The Hall–Kier alpha value is -3.18. The van der Waals surface area contributed by atoms with Crippen molar-refractivity contribution in [3.63, 3.8) is 0 Å². The number of halogens is 2. The summed E-state index contributed by atoms with van der Waals surface area (Å²) in [4.78, 5) is 50.5. The molecule has 12 heteroatoms. The van der Waals surface area contributed by atoms with E-state index in [2.05, 4.69) is 10.6 Å². The van der Waals surface area contributed by atoms with Crippen molar-refractivity contribution in [2.75, 3.05) is 26.2 Å². The van der Waals surface area contributed by atoms with Crippen molar-refractivity contribution in [3.8, 4) is 0 Å². The van der Waals surface area contributed by atoms with Gasteiger partial charge in [0.25, 0.3) is 11.1 Å². The molecule has 218 valence electrons. The Kier molecular flexibility index (Phi) is 12.9. The Bertz CT molecular complexity index is 1530. The molecule has 0 atom stereocenters. The molecule has 0 aliphatic heterocycles. The Labute approximate surface area is 244 Å². The monoisotopic (exact) mass is 592 g/mol. The minimum absolute atomic E-state index is 0. The van der Waals surface area contributed by atoms with Crippen LogP contribution in [0.15, 0.2) is 67.7 Å². The Morgan fingerprint density at radius 3 is 1.30 bits per heavy atom. The van der Waals surface area contributed by atoms with Gasteiger partial charge in [-0.15, -0.1) is 24.8 Å².